The molecule has 0 radical (unpaired) electrons. The van der Waals surface area contributed by atoms with Gasteiger partial charge in [-0.25, -0.2) is 9.78 Å². The van der Waals surface area contributed by atoms with E-state index in [2.05, 4.69) is 22.5 Å². The first-order chi connectivity index (χ1) is 13.3. The van der Waals surface area contributed by atoms with Gasteiger partial charge in [0.1, 0.15) is 5.76 Å². The zero-order valence-electron chi connectivity index (χ0n) is 17.0. The summed E-state index contributed by atoms with van der Waals surface area (Å²) in [6.45, 7) is 9.43. The van der Waals surface area contributed by atoms with Crippen molar-refractivity contribution < 1.29 is 14.0 Å². The van der Waals surface area contributed by atoms with E-state index in [9.17, 15) is 9.59 Å². The number of aromatic nitrogens is 1. The molecule has 28 heavy (non-hydrogen) atoms. The number of hydrogen-bond acceptors (Lipinski definition) is 4. The quantitative estimate of drug-likeness (QED) is 0.839. The van der Waals surface area contributed by atoms with E-state index in [0.717, 1.165) is 42.7 Å². The van der Waals surface area contributed by atoms with E-state index in [1.54, 1.807) is 6.92 Å². The molecule has 2 N–H and O–H groups in total. The lowest BCUT2D eigenvalue weighted by atomic mass is 9.99. The molecular weight excluding hydrogens is 356 g/mol. The summed E-state index contributed by atoms with van der Waals surface area (Å²) in [5, 5.41) is 5.59. The molecule has 7 nitrogen and oxygen atoms in total. The zero-order chi connectivity index (χ0) is 20.3. The van der Waals surface area contributed by atoms with E-state index in [1.165, 1.54) is 0 Å². The maximum atomic E-state index is 12.7. The second-order valence-electron chi connectivity index (χ2n) is 7.56. The molecule has 2 heterocycles. The van der Waals surface area contributed by atoms with Crippen molar-refractivity contribution >= 4 is 17.6 Å². The van der Waals surface area contributed by atoms with Crippen molar-refractivity contribution in [3.63, 3.8) is 0 Å². The number of nitrogens with one attached hydrogen (secondary N) is 2. The van der Waals surface area contributed by atoms with E-state index in [4.69, 9.17) is 4.42 Å². The number of carbonyl (C=O) groups is 2. The number of carbonyl (C=O) groups excluding carboxylic acids is 2. The molecule has 1 aromatic heterocycles. The van der Waals surface area contributed by atoms with Gasteiger partial charge in [0.25, 0.3) is 5.91 Å². The van der Waals surface area contributed by atoms with Crippen molar-refractivity contribution in [1.29, 1.82) is 0 Å². The molecule has 1 aliphatic heterocycles. The summed E-state index contributed by atoms with van der Waals surface area (Å²) < 4.78 is 5.59. The molecule has 0 atom stereocenters. The van der Waals surface area contributed by atoms with Crippen LogP contribution in [0.15, 0.2) is 22.6 Å². The van der Waals surface area contributed by atoms with Crippen molar-refractivity contribution in [1.82, 2.24) is 15.2 Å². The molecule has 0 spiro atoms. The molecule has 0 saturated carbocycles. The van der Waals surface area contributed by atoms with E-state index >= 15 is 0 Å². The number of oxazole rings is 1. The summed E-state index contributed by atoms with van der Waals surface area (Å²) in [5.41, 5.74) is 3.11. The summed E-state index contributed by atoms with van der Waals surface area (Å²) >= 11 is 0. The van der Waals surface area contributed by atoms with Crippen LogP contribution in [0.2, 0.25) is 0 Å². The maximum absolute atomic E-state index is 12.7. The summed E-state index contributed by atoms with van der Waals surface area (Å²) in [7, 11) is 0. The number of anilines is 1. The monoisotopic (exact) mass is 384 g/mol. The predicted octanol–water partition coefficient (Wildman–Crippen LogP) is 3.79. The Morgan fingerprint density at radius 1 is 1.18 bits per heavy atom. The fourth-order valence-electron chi connectivity index (χ4n) is 3.41. The summed E-state index contributed by atoms with van der Waals surface area (Å²) in [4.78, 5) is 31.1. The first-order valence-electron chi connectivity index (χ1n) is 9.71. The largest absolute Gasteiger partial charge is 0.443 e. The third-order valence-corrected chi connectivity index (χ3v) is 5.23. The van der Waals surface area contributed by atoms with E-state index < -0.39 is 0 Å². The van der Waals surface area contributed by atoms with Gasteiger partial charge in [-0.1, -0.05) is 25.1 Å². The van der Waals surface area contributed by atoms with Crippen LogP contribution < -0.4 is 10.6 Å². The van der Waals surface area contributed by atoms with Crippen LogP contribution in [-0.4, -0.2) is 34.9 Å². The first-order valence-corrected chi connectivity index (χ1v) is 9.71. The molecule has 1 aliphatic rings. The second kappa shape index (κ2) is 8.46. The van der Waals surface area contributed by atoms with Crippen molar-refractivity contribution in [2.45, 2.75) is 47.1 Å². The second-order valence-corrected chi connectivity index (χ2v) is 7.56. The van der Waals surface area contributed by atoms with Crippen LogP contribution in [0, 0.1) is 26.7 Å². The minimum Gasteiger partial charge on any atom is -0.443 e. The lowest BCUT2D eigenvalue weighted by Gasteiger charge is -2.29. The molecule has 1 fully saturated rings. The highest BCUT2D eigenvalue weighted by Gasteiger charge is 2.26. The van der Waals surface area contributed by atoms with Gasteiger partial charge in [0.15, 0.2) is 5.69 Å². The fraction of sp³-hybridized carbons (Fsp3) is 0.476. The van der Waals surface area contributed by atoms with Crippen LogP contribution in [0.5, 0.6) is 0 Å². The fourth-order valence-corrected chi connectivity index (χ4v) is 3.41. The number of amides is 3. The molecule has 0 unspecified atom stereocenters. The Labute approximate surface area is 165 Å². The van der Waals surface area contributed by atoms with Gasteiger partial charge in [-0.15, -0.1) is 0 Å². The SMILES string of the molecule is Cc1cccc(C)c1NC(=O)NCc1nc(C(=O)N2CCC(C)CC2)c(C)o1. The molecule has 2 aromatic rings. The number of urea groups is 1. The first kappa shape index (κ1) is 19.9. The van der Waals surface area contributed by atoms with Crippen molar-refractivity contribution in [3.05, 3.63) is 46.7 Å². The average molecular weight is 384 g/mol. The Kier molecular flexibility index (Phi) is 6.02. The summed E-state index contributed by atoms with van der Waals surface area (Å²) in [6.07, 6.45) is 2.02. The molecule has 0 bridgehead atoms. The van der Waals surface area contributed by atoms with Crippen LogP contribution in [-0.2, 0) is 6.54 Å². The number of likely N-dealkylation sites (tertiary alicyclic amines) is 1. The minimum absolute atomic E-state index is 0.0978. The van der Waals surface area contributed by atoms with Gasteiger partial charge in [0.2, 0.25) is 5.89 Å². The van der Waals surface area contributed by atoms with Gasteiger partial charge < -0.3 is 20.0 Å². The molecule has 150 valence electrons. The highest BCUT2D eigenvalue weighted by atomic mass is 16.4. The van der Waals surface area contributed by atoms with Gasteiger partial charge in [-0.05, 0) is 50.7 Å². The number of benzene rings is 1. The Morgan fingerprint density at radius 2 is 1.82 bits per heavy atom. The molecule has 3 amide bonds. The smallest absolute Gasteiger partial charge is 0.319 e. The van der Waals surface area contributed by atoms with Crippen LogP contribution >= 0.6 is 0 Å². The number of rotatable bonds is 4. The highest BCUT2D eigenvalue weighted by Crippen LogP contribution is 2.21. The number of aryl methyl sites for hydroxylation is 3. The predicted molar refractivity (Wildman–Crippen MR) is 107 cm³/mol. The maximum Gasteiger partial charge on any atom is 0.319 e. The van der Waals surface area contributed by atoms with Crippen LogP contribution in [0.1, 0.15) is 53.0 Å². The van der Waals surface area contributed by atoms with Gasteiger partial charge in [-0.2, -0.15) is 0 Å². The molecule has 7 heteroatoms. The van der Waals surface area contributed by atoms with Crippen LogP contribution in [0.4, 0.5) is 10.5 Å². The Bertz CT molecular complexity index is 846. The van der Waals surface area contributed by atoms with Crippen LogP contribution in [0.3, 0.4) is 0 Å². The molecule has 1 saturated heterocycles. The van der Waals surface area contributed by atoms with Crippen LogP contribution in [0.25, 0.3) is 0 Å². The number of hydrogen-bond donors (Lipinski definition) is 2. The van der Waals surface area contributed by atoms with Gasteiger partial charge in [0.05, 0.1) is 6.54 Å². The normalized spacial score (nSPS) is 14.8. The standard InChI is InChI=1S/C21H28N4O3/c1-13-8-10-25(11-9-13)20(26)19-16(4)28-17(23-19)12-22-21(27)24-18-14(2)6-5-7-15(18)3/h5-7,13H,8-12H2,1-4H3,(H2,22,24,27). The molecule has 1 aromatic carbocycles. The summed E-state index contributed by atoms with van der Waals surface area (Å²) in [6, 6.07) is 5.50. The molecule has 3 rings (SSSR count). The Hall–Kier alpha value is -2.83. The lowest BCUT2D eigenvalue weighted by Crippen LogP contribution is -2.38. The third kappa shape index (κ3) is 4.52. The zero-order valence-corrected chi connectivity index (χ0v) is 17.0. The lowest BCUT2D eigenvalue weighted by molar-refractivity contribution is 0.0690. The number of para-hydroxylation sites is 1. The summed E-state index contributed by atoms with van der Waals surface area (Å²) in [5.74, 6) is 1.36. The van der Waals surface area contributed by atoms with E-state index in [0.29, 0.717) is 23.3 Å². The molecule has 0 aliphatic carbocycles. The average Bonchev–Trinajstić information content (AvgIpc) is 3.04. The van der Waals surface area contributed by atoms with E-state index in [-0.39, 0.29) is 18.5 Å². The third-order valence-electron chi connectivity index (χ3n) is 5.23. The number of piperidine rings is 1. The van der Waals surface area contributed by atoms with Gasteiger partial charge >= 0.3 is 6.03 Å². The minimum atomic E-state index is -0.342. The van der Waals surface area contributed by atoms with Crippen molar-refractivity contribution in [2.75, 3.05) is 18.4 Å². The van der Waals surface area contributed by atoms with E-state index in [1.807, 2.05) is 36.9 Å². The molecular formula is C21H28N4O3. The number of nitrogens with zero attached hydrogens (tertiary/aromatic N) is 2. The highest BCUT2D eigenvalue weighted by molar-refractivity contribution is 5.93. The van der Waals surface area contributed by atoms with Gasteiger partial charge in [0, 0.05) is 18.8 Å². The topological polar surface area (TPSA) is 87.5 Å². The van der Waals surface area contributed by atoms with Crippen molar-refractivity contribution in [3.8, 4) is 0 Å². The van der Waals surface area contributed by atoms with Gasteiger partial charge in [-0.3, -0.25) is 4.79 Å². The van der Waals surface area contributed by atoms with Crippen molar-refractivity contribution in [2.24, 2.45) is 5.92 Å². The Balaban J connectivity index is 1.59. The Morgan fingerprint density at radius 3 is 2.46 bits per heavy atom.